The van der Waals surface area contributed by atoms with E-state index < -0.39 is 0 Å². The molecule has 2 aliphatic rings. The zero-order valence-corrected chi connectivity index (χ0v) is 12.0. The molecule has 0 radical (unpaired) electrons. The minimum Gasteiger partial charge on any atom is -0.378 e. The summed E-state index contributed by atoms with van der Waals surface area (Å²) < 4.78 is 0. The average molecular weight is 259 g/mol. The third-order valence-corrected chi connectivity index (χ3v) is 4.63. The van der Waals surface area contributed by atoms with Crippen molar-refractivity contribution in [3.63, 3.8) is 0 Å². The molecule has 3 heteroatoms. The Bertz CT molecular complexity index is 422. The summed E-state index contributed by atoms with van der Waals surface area (Å²) in [5.41, 5.74) is 8.70. The third kappa shape index (κ3) is 2.49. The fourth-order valence-electron chi connectivity index (χ4n) is 3.38. The lowest BCUT2D eigenvalue weighted by Gasteiger charge is -2.28. The topological polar surface area (TPSA) is 32.5 Å². The summed E-state index contributed by atoms with van der Waals surface area (Å²) in [6.45, 7) is 2.04. The van der Waals surface area contributed by atoms with Crippen molar-refractivity contribution in [1.82, 2.24) is 4.90 Å². The lowest BCUT2D eigenvalue weighted by molar-refractivity contribution is 0.220. The van der Waals surface area contributed by atoms with Crippen LogP contribution in [0.1, 0.15) is 30.9 Å². The molecule has 2 atom stereocenters. The number of rotatable bonds is 4. The minimum absolute atomic E-state index is 0.550. The van der Waals surface area contributed by atoms with Crippen LogP contribution in [0.25, 0.3) is 0 Å². The highest BCUT2D eigenvalue weighted by molar-refractivity contribution is 5.46. The molecule has 1 aliphatic heterocycles. The molecule has 3 rings (SSSR count). The summed E-state index contributed by atoms with van der Waals surface area (Å²) in [5.74, 6) is 0.630. The van der Waals surface area contributed by atoms with Crippen LogP contribution in [0.15, 0.2) is 24.3 Å². The molecule has 1 aromatic rings. The van der Waals surface area contributed by atoms with Gasteiger partial charge in [-0.15, -0.1) is 0 Å². The molecule has 3 nitrogen and oxygen atoms in total. The van der Waals surface area contributed by atoms with E-state index in [-0.39, 0.29) is 0 Å². The Morgan fingerprint density at radius 3 is 2.37 bits per heavy atom. The number of hydrogen-bond acceptors (Lipinski definition) is 3. The number of likely N-dealkylation sites (tertiary alicyclic amines) is 1. The van der Waals surface area contributed by atoms with E-state index >= 15 is 0 Å². The summed E-state index contributed by atoms with van der Waals surface area (Å²) in [6, 6.07) is 10.4. The van der Waals surface area contributed by atoms with Gasteiger partial charge in [0, 0.05) is 31.9 Å². The first-order valence-corrected chi connectivity index (χ1v) is 7.44. The normalized spacial score (nSPS) is 27.7. The second-order valence-electron chi connectivity index (χ2n) is 6.18. The fourth-order valence-corrected chi connectivity index (χ4v) is 3.38. The fraction of sp³-hybridized carbons (Fsp3) is 0.625. The number of anilines is 1. The molecular formula is C16H25N3. The highest BCUT2D eigenvalue weighted by Gasteiger charge is 2.41. The van der Waals surface area contributed by atoms with Gasteiger partial charge >= 0.3 is 0 Å². The Morgan fingerprint density at radius 2 is 1.84 bits per heavy atom. The standard InChI is InChI=1S/C16H25N3/c1-18(2)14-5-3-12(4-6-14)16-13(11-17)9-10-19(16)15-7-8-15/h3-6,13,15-16H,7-11,17H2,1-2H3. The summed E-state index contributed by atoms with van der Waals surface area (Å²) in [5, 5.41) is 0. The molecule has 2 N–H and O–H groups in total. The van der Waals surface area contributed by atoms with E-state index in [1.807, 2.05) is 0 Å². The van der Waals surface area contributed by atoms with Crippen LogP contribution in [0.4, 0.5) is 5.69 Å². The van der Waals surface area contributed by atoms with Gasteiger partial charge in [-0.3, -0.25) is 4.90 Å². The van der Waals surface area contributed by atoms with Crippen LogP contribution in [0.3, 0.4) is 0 Å². The van der Waals surface area contributed by atoms with Gasteiger partial charge in [-0.05, 0) is 56.0 Å². The molecule has 19 heavy (non-hydrogen) atoms. The van der Waals surface area contributed by atoms with Crippen LogP contribution in [-0.4, -0.2) is 38.1 Å². The van der Waals surface area contributed by atoms with Crippen molar-refractivity contribution < 1.29 is 0 Å². The van der Waals surface area contributed by atoms with Gasteiger partial charge in [0.25, 0.3) is 0 Å². The van der Waals surface area contributed by atoms with Crippen LogP contribution >= 0.6 is 0 Å². The molecule has 0 amide bonds. The Morgan fingerprint density at radius 1 is 1.16 bits per heavy atom. The van der Waals surface area contributed by atoms with Gasteiger partial charge in [-0.2, -0.15) is 0 Å². The zero-order chi connectivity index (χ0) is 13.4. The van der Waals surface area contributed by atoms with E-state index in [0.29, 0.717) is 12.0 Å². The molecule has 1 aliphatic carbocycles. The molecule has 0 spiro atoms. The van der Waals surface area contributed by atoms with Crippen molar-refractivity contribution in [2.75, 3.05) is 32.1 Å². The molecule has 104 valence electrons. The maximum Gasteiger partial charge on any atom is 0.0391 e. The smallest absolute Gasteiger partial charge is 0.0391 e. The molecule has 2 unspecified atom stereocenters. The molecule has 2 fully saturated rings. The van der Waals surface area contributed by atoms with E-state index in [9.17, 15) is 0 Å². The van der Waals surface area contributed by atoms with Crippen LogP contribution in [0.2, 0.25) is 0 Å². The van der Waals surface area contributed by atoms with Crippen LogP contribution < -0.4 is 10.6 Å². The SMILES string of the molecule is CN(C)c1ccc(C2C(CN)CCN2C2CC2)cc1. The van der Waals surface area contributed by atoms with Gasteiger partial charge in [-0.1, -0.05) is 12.1 Å². The predicted molar refractivity (Wildman–Crippen MR) is 80.4 cm³/mol. The molecule has 1 aromatic carbocycles. The Labute approximate surface area is 116 Å². The second-order valence-corrected chi connectivity index (χ2v) is 6.18. The van der Waals surface area contributed by atoms with E-state index in [1.54, 1.807) is 0 Å². The summed E-state index contributed by atoms with van der Waals surface area (Å²) in [4.78, 5) is 4.85. The van der Waals surface area contributed by atoms with E-state index in [0.717, 1.165) is 12.6 Å². The van der Waals surface area contributed by atoms with Gasteiger partial charge in [-0.25, -0.2) is 0 Å². The van der Waals surface area contributed by atoms with Gasteiger partial charge in [0.1, 0.15) is 0 Å². The Balaban J connectivity index is 1.84. The van der Waals surface area contributed by atoms with Crippen molar-refractivity contribution in [2.24, 2.45) is 11.7 Å². The van der Waals surface area contributed by atoms with Gasteiger partial charge in [0.15, 0.2) is 0 Å². The zero-order valence-electron chi connectivity index (χ0n) is 12.0. The number of hydrogen-bond donors (Lipinski definition) is 1. The highest BCUT2D eigenvalue weighted by atomic mass is 15.2. The Kier molecular flexibility index (Phi) is 3.50. The highest BCUT2D eigenvalue weighted by Crippen LogP contribution is 2.43. The summed E-state index contributed by atoms with van der Waals surface area (Å²) in [6.07, 6.45) is 4.01. The van der Waals surface area contributed by atoms with Gasteiger partial charge in [0.05, 0.1) is 0 Å². The average Bonchev–Trinajstić information content (AvgIpc) is 3.18. The summed E-state index contributed by atoms with van der Waals surface area (Å²) >= 11 is 0. The second kappa shape index (κ2) is 5.14. The largest absolute Gasteiger partial charge is 0.378 e. The van der Waals surface area contributed by atoms with Crippen molar-refractivity contribution in [3.05, 3.63) is 29.8 Å². The summed E-state index contributed by atoms with van der Waals surface area (Å²) in [7, 11) is 4.17. The van der Waals surface area contributed by atoms with Gasteiger partial charge in [0.2, 0.25) is 0 Å². The van der Waals surface area contributed by atoms with Crippen molar-refractivity contribution in [3.8, 4) is 0 Å². The third-order valence-electron chi connectivity index (χ3n) is 4.63. The number of benzene rings is 1. The monoisotopic (exact) mass is 259 g/mol. The molecule has 1 saturated carbocycles. The first kappa shape index (κ1) is 12.9. The first-order valence-electron chi connectivity index (χ1n) is 7.44. The molecular weight excluding hydrogens is 234 g/mol. The van der Waals surface area contributed by atoms with Crippen LogP contribution in [0, 0.1) is 5.92 Å². The molecule has 0 aromatic heterocycles. The minimum atomic E-state index is 0.550. The van der Waals surface area contributed by atoms with Crippen LogP contribution in [-0.2, 0) is 0 Å². The number of nitrogens with zero attached hydrogens (tertiary/aromatic N) is 2. The van der Waals surface area contributed by atoms with Crippen molar-refractivity contribution >= 4 is 5.69 Å². The Hall–Kier alpha value is -1.06. The van der Waals surface area contributed by atoms with Crippen LogP contribution in [0.5, 0.6) is 0 Å². The first-order chi connectivity index (χ1) is 9.20. The van der Waals surface area contributed by atoms with E-state index in [4.69, 9.17) is 5.73 Å². The number of nitrogens with two attached hydrogens (primary N) is 1. The maximum atomic E-state index is 5.99. The molecule has 0 bridgehead atoms. The lowest BCUT2D eigenvalue weighted by Crippen LogP contribution is -2.29. The van der Waals surface area contributed by atoms with Crippen molar-refractivity contribution in [1.29, 1.82) is 0 Å². The molecule has 1 saturated heterocycles. The van der Waals surface area contributed by atoms with Gasteiger partial charge < -0.3 is 10.6 Å². The van der Waals surface area contributed by atoms with Crippen molar-refractivity contribution in [2.45, 2.75) is 31.3 Å². The lowest BCUT2D eigenvalue weighted by atomic mass is 9.93. The quantitative estimate of drug-likeness (QED) is 0.900. The maximum absolute atomic E-state index is 5.99. The van der Waals surface area contributed by atoms with E-state index in [1.165, 1.54) is 37.1 Å². The predicted octanol–water partition coefficient (Wildman–Crippen LogP) is 2.24. The van der Waals surface area contributed by atoms with E-state index in [2.05, 4.69) is 48.2 Å². The molecule has 1 heterocycles.